The molecule has 3 rings (SSSR count). The number of esters is 1. The summed E-state index contributed by atoms with van der Waals surface area (Å²) in [5.41, 5.74) is 2.08. The first kappa shape index (κ1) is 29.5. The van der Waals surface area contributed by atoms with Crippen LogP contribution in [0.5, 0.6) is 5.75 Å². The maximum absolute atomic E-state index is 13.2. The number of nitrogens with zero attached hydrogens (tertiary/aromatic N) is 1. The highest BCUT2D eigenvalue weighted by molar-refractivity contribution is 5.82. The number of alkyl halides is 3. The molecule has 0 aromatic heterocycles. The SMILES string of the molecule is CCOC(=O)C(C)c1ccc(OC)c(-c2ccc(C(F)(F)F)cc2)c1CN(CC)C(=O)OCc1ccccc1. The molecule has 0 aliphatic heterocycles. The maximum atomic E-state index is 13.2. The van der Waals surface area contributed by atoms with E-state index in [-0.39, 0.29) is 26.3 Å². The van der Waals surface area contributed by atoms with Crippen molar-refractivity contribution in [2.45, 2.75) is 46.0 Å². The van der Waals surface area contributed by atoms with E-state index in [9.17, 15) is 22.8 Å². The van der Waals surface area contributed by atoms with Crippen LogP contribution in [0.15, 0.2) is 66.7 Å². The first-order valence-electron chi connectivity index (χ1n) is 12.6. The summed E-state index contributed by atoms with van der Waals surface area (Å²) in [6.45, 7) is 5.75. The fourth-order valence-corrected chi connectivity index (χ4v) is 4.23. The predicted molar refractivity (Wildman–Crippen MR) is 141 cm³/mol. The van der Waals surface area contributed by atoms with Crippen molar-refractivity contribution in [3.8, 4) is 16.9 Å². The zero-order chi connectivity index (χ0) is 28.6. The molecule has 0 aliphatic rings. The molecule has 0 bridgehead atoms. The van der Waals surface area contributed by atoms with E-state index >= 15 is 0 Å². The highest BCUT2D eigenvalue weighted by Gasteiger charge is 2.31. The molecule has 0 aliphatic carbocycles. The molecule has 0 spiro atoms. The summed E-state index contributed by atoms with van der Waals surface area (Å²) in [6.07, 6.45) is -5.06. The molecule has 0 fully saturated rings. The number of methoxy groups -OCH3 is 1. The van der Waals surface area contributed by atoms with Crippen LogP contribution in [0.2, 0.25) is 0 Å². The second kappa shape index (κ2) is 13.2. The van der Waals surface area contributed by atoms with Crippen molar-refractivity contribution >= 4 is 12.1 Å². The number of carbonyl (C=O) groups is 2. The summed E-state index contributed by atoms with van der Waals surface area (Å²) in [6, 6.07) is 17.3. The molecule has 6 nitrogen and oxygen atoms in total. The zero-order valence-corrected chi connectivity index (χ0v) is 22.4. The second-order valence-electron chi connectivity index (χ2n) is 8.81. The quantitative estimate of drug-likeness (QED) is 0.253. The van der Waals surface area contributed by atoms with Crippen molar-refractivity contribution in [3.63, 3.8) is 0 Å². The van der Waals surface area contributed by atoms with Gasteiger partial charge in [0.2, 0.25) is 0 Å². The van der Waals surface area contributed by atoms with Crippen LogP contribution in [0.25, 0.3) is 11.1 Å². The Balaban J connectivity index is 2.08. The first-order chi connectivity index (χ1) is 18.6. The molecule has 39 heavy (non-hydrogen) atoms. The minimum Gasteiger partial charge on any atom is -0.496 e. The van der Waals surface area contributed by atoms with Crippen LogP contribution in [0.4, 0.5) is 18.0 Å². The number of hydrogen-bond acceptors (Lipinski definition) is 5. The van der Waals surface area contributed by atoms with E-state index in [0.29, 0.717) is 28.0 Å². The number of rotatable bonds is 10. The average Bonchev–Trinajstić information content (AvgIpc) is 2.94. The normalized spacial score (nSPS) is 12.0. The molecular formula is C30H32F3NO5. The van der Waals surface area contributed by atoms with Gasteiger partial charge in [0.1, 0.15) is 12.4 Å². The van der Waals surface area contributed by atoms with Crippen LogP contribution in [-0.4, -0.2) is 37.2 Å². The summed E-state index contributed by atoms with van der Waals surface area (Å²) in [5.74, 6) is -0.784. The Kier molecular flexibility index (Phi) is 9.98. The number of hydrogen-bond donors (Lipinski definition) is 0. The maximum Gasteiger partial charge on any atom is 0.416 e. The summed E-state index contributed by atoms with van der Waals surface area (Å²) < 4.78 is 56.1. The van der Waals surface area contributed by atoms with Crippen molar-refractivity contribution in [3.05, 3.63) is 89.0 Å². The standard InChI is InChI=1S/C30H32F3NO5/c1-5-34(29(36)39-19-21-10-8-7-9-11-21)18-25-24(20(3)28(35)38-6-2)16-17-26(37-4)27(25)22-12-14-23(15-13-22)30(31,32)33/h7-17,20H,5-6,18-19H2,1-4H3. The lowest BCUT2D eigenvalue weighted by molar-refractivity contribution is -0.144. The van der Waals surface area contributed by atoms with Gasteiger partial charge in [-0.05, 0) is 61.2 Å². The van der Waals surface area contributed by atoms with Gasteiger partial charge in [0.25, 0.3) is 0 Å². The second-order valence-corrected chi connectivity index (χ2v) is 8.81. The molecular weight excluding hydrogens is 511 g/mol. The molecule has 3 aromatic carbocycles. The monoisotopic (exact) mass is 543 g/mol. The van der Waals surface area contributed by atoms with Gasteiger partial charge >= 0.3 is 18.2 Å². The van der Waals surface area contributed by atoms with Gasteiger partial charge < -0.3 is 19.1 Å². The minimum atomic E-state index is -4.49. The molecule has 0 saturated heterocycles. The average molecular weight is 544 g/mol. The fourth-order valence-electron chi connectivity index (χ4n) is 4.23. The highest BCUT2D eigenvalue weighted by atomic mass is 19.4. The molecule has 0 saturated carbocycles. The van der Waals surface area contributed by atoms with Crippen molar-refractivity contribution in [1.29, 1.82) is 0 Å². The van der Waals surface area contributed by atoms with E-state index < -0.39 is 29.7 Å². The lowest BCUT2D eigenvalue weighted by Gasteiger charge is -2.26. The molecule has 208 valence electrons. The van der Waals surface area contributed by atoms with Crippen molar-refractivity contribution in [1.82, 2.24) is 4.90 Å². The van der Waals surface area contributed by atoms with E-state index in [1.165, 1.54) is 24.1 Å². The summed E-state index contributed by atoms with van der Waals surface area (Å²) in [4.78, 5) is 27.3. The number of ether oxygens (including phenoxy) is 3. The van der Waals surface area contributed by atoms with E-state index in [1.807, 2.05) is 30.3 Å². The Morgan fingerprint density at radius 1 is 0.923 bits per heavy atom. The van der Waals surface area contributed by atoms with Crippen molar-refractivity contribution in [2.75, 3.05) is 20.3 Å². The first-order valence-corrected chi connectivity index (χ1v) is 12.6. The van der Waals surface area contributed by atoms with E-state index in [1.54, 1.807) is 32.9 Å². The number of carbonyl (C=O) groups excluding carboxylic acids is 2. The molecule has 0 radical (unpaired) electrons. The summed E-state index contributed by atoms with van der Waals surface area (Å²) in [5, 5.41) is 0. The predicted octanol–water partition coefficient (Wildman–Crippen LogP) is 7.21. The number of benzene rings is 3. The van der Waals surface area contributed by atoms with Crippen molar-refractivity contribution < 1.29 is 37.0 Å². The Morgan fingerprint density at radius 3 is 2.15 bits per heavy atom. The van der Waals surface area contributed by atoms with Crippen LogP contribution >= 0.6 is 0 Å². The minimum absolute atomic E-state index is 0.0246. The third kappa shape index (κ3) is 7.31. The molecule has 9 heteroatoms. The van der Waals surface area contributed by atoms with Gasteiger partial charge in [-0.3, -0.25) is 4.79 Å². The Hall–Kier alpha value is -4.01. The van der Waals surface area contributed by atoms with Crippen molar-refractivity contribution in [2.24, 2.45) is 0 Å². The van der Waals surface area contributed by atoms with Gasteiger partial charge in [-0.25, -0.2) is 4.79 Å². The van der Waals surface area contributed by atoms with E-state index in [4.69, 9.17) is 14.2 Å². The van der Waals surface area contributed by atoms with Crippen LogP contribution < -0.4 is 4.74 Å². The van der Waals surface area contributed by atoms with Crippen LogP contribution in [0.3, 0.4) is 0 Å². The third-order valence-electron chi connectivity index (χ3n) is 6.33. The summed E-state index contributed by atoms with van der Waals surface area (Å²) in [7, 11) is 1.45. The Bertz CT molecular complexity index is 1260. The van der Waals surface area contributed by atoms with Gasteiger partial charge in [0, 0.05) is 12.1 Å². The van der Waals surface area contributed by atoms with Gasteiger partial charge in [0.05, 0.1) is 31.7 Å². The lowest BCUT2D eigenvalue weighted by Crippen LogP contribution is -2.32. The lowest BCUT2D eigenvalue weighted by atomic mass is 9.88. The third-order valence-corrected chi connectivity index (χ3v) is 6.33. The largest absolute Gasteiger partial charge is 0.496 e. The molecule has 0 N–H and O–H groups in total. The van der Waals surface area contributed by atoms with Gasteiger partial charge in [-0.2, -0.15) is 13.2 Å². The fraction of sp³-hybridized carbons (Fsp3) is 0.333. The van der Waals surface area contributed by atoms with Crippen LogP contribution in [0, 0.1) is 0 Å². The molecule has 1 unspecified atom stereocenters. The Labute approximate surface area is 226 Å². The van der Waals surface area contributed by atoms with Gasteiger partial charge in [-0.15, -0.1) is 0 Å². The van der Waals surface area contributed by atoms with Crippen LogP contribution in [0.1, 0.15) is 48.9 Å². The van der Waals surface area contributed by atoms with Crippen LogP contribution in [-0.2, 0) is 33.6 Å². The molecule has 1 amide bonds. The zero-order valence-electron chi connectivity index (χ0n) is 22.4. The molecule has 3 aromatic rings. The van der Waals surface area contributed by atoms with Gasteiger partial charge in [-0.1, -0.05) is 48.5 Å². The molecule has 1 atom stereocenters. The number of amides is 1. The molecule has 0 heterocycles. The topological polar surface area (TPSA) is 65.1 Å². The highest BCUT2D eigenvalue weighted by Crippen LogP contribution is 2.40. The van der Waals surface area contributed by atoms with E-state index in [0.717, 1.165) is 17.7 Å². The van der Waals surface area contributed by atoms with Gasteiger partial charge in [0.15, 0.2) is 0 Å². The number of halogens is 3. The summed E-state index contributed by atoms with van der Waals surface area (Å²) >= 11 is 0. The van der Waals surface area contributed by atoms with E-state index in [2.05, 4.69) is 0 Å². The Morgan fingerprint density at radius 2 is 1.59 bits per heavy atom. The smallest absolute Gasteiger partial charge is 0.416 e.